The summed E-state index contributed by atoms with van der Waals surface area (Å²) in [6.07, 6.45) is 8.14. The van der Waals surface area contributed by atoms with Crippen molar-refractivity contribution >= 4 is 80.5 Å². The van der Waals surface area contributed by atoms with Crippen LogP contribution in [0.1, 0.15) is 52.1 Å². The second-order valence-corrected chi connectivity index (χ2v) is 12.5. The first-order chi connectivity index (χ1) is 21.9. The summed E-state index contributed by atoms with van der Waals surface area (Å²) in [6.45, 7) is 14.7. The second kappa shape index (κ2) is 17.1. The summed E-state index contributed by atoms with van der Waals surface area (Å²) in [4.78, 5) is 47.6. The van der Waals surface area contributed by atoms with E-state index in [1.165, 1.54) is 0 Å². The molecule has 4 N–H and O–H groups in total. The number of aldehydes is 2. The summed E-state index contributed by atoms with van der Waals surface area (Å²) >= 11 is 6.03. The highest BCUT2D eigenvalue weighted by Crippen LogP contribution is 2.36. The zero-order chi connectivity index (χ0) is 35.5. The van der Waals surface area contributed by atoms with Crippen molar-refractivity contribution in [2.75, 3.05) is 5.73 Å². The van der Waals surface area contributed by atoms with Crippen molar-refractivity contribution in [2.24, 2.45) is 0 Å². The molecule has 252 valence electrons. The van der Waals surface area contributed by atoms with Crippen molar-refractivity contribution in [3.63, 3.8) is 0 Å². The molecule has 1 aliphatic heterocycles. The van der Waals surface area contributed by atoms with Crippen molar-refractivity contribution in [2.45, 2.75) is 71.4 Å². The van der Waals surface area contributed by atoms with Crippen LogP contribution in [0.25, 0.3) is 11.6 Å². The quantitative estimate of drug-likeness (QED) is 0.102. The average molecular weight is 782 g/mol. The highest BCUT2D eigenvalue weighted by molar-refractivity contribution is 9.10. The highest BCUT2D eigenvalue weighted by Gasteiger charge is 2.52. The number of carboxylic acid groups (broad SMARTS) is 1. The molecule has 21 heteroatoms. The molecule has 0 radical (unpaired) electrons. The Hall–Kier alpha value is -4.21. The number of H-pyrrole nitrogens is 1. The molecule has 5 aromatic rings. The van der Waals surface area contributed by atoms with Crippen molar-refractivity contribution in [1.29, 1.82) is 0 Å². The van der Waals surface area contributed by atoms with Crippen molar-refractivity contribution in [1.82, 2.24) is 54.3 Å². The molecule has 1 saturated heterocycles. The van der Waals surface area contributed by atoms with Crippen LogP contribution in [-0.4, -0.2) is 101 Å². The maximum Gasteiger partial charge on any atom is 0.498 e. The molecule has 0 unspecified atom stereocenters. The zero-order valence-corrected chi connectivity index (χ0v) is 30.1. The Morgan fingerprint density at radius 3 is 1.81 bits per heavy atom. The van der Waals surface area contributed by atoms with Crippen LogP contribution in [0.4, 0.5) is 5.95 Å². The van der Waals surface area contributed by atoms with Crippen LogP contribution in [0.3, 0.4) is 0 Å². The number of alkyl halides is 1. The third-order valence-electron chi connectivity index (χ3n) is 5.99. The third-order valence-corrected chi connectivity index (χ3v) is 6.83. The van der Waals surface area contributed by atoms with Gasteiger partial charge in [0.05, 0.1) is 15.7 Å². The molecular formula is C26H35BBr2N12O6. The number of aromatic amines is 1. The molecule has 0 aromatic carbocycles. The number of nitrogens with zero attached hydrogens (tertiary/aromatic N) is 10. The van der Waals surface area contributed by atoms with E-state index in [-0.39, 0.29) is 11.2 Å². The second-order valence-electron chi connectivity index (χ2n) is 10.6. The number of nitrogens with one attached hydrogen (secondary N) is 1. The molecule has 6 heterocycles. The summed E-state index contributed by atoms with van der Waals surface area (Å²) in [6, 6.07) is 0. The Bertz CT molecular complexity index is 1750. The molecule has 1 fully saturated rings. The van der Waals surface area contributed by atoms with E-state index in [0.717, 1.165) is 28.5 Å². The number of anilines is 1. The van der Waals surface area contributed by atoms with Gasteiger partial charge in [0.25, 0.3) is 17.5 Å². The molecule has 47 heavy (non-hydrogen) atoms. The number of hydrogen-bond donors (Lipinski definition) is 3. The molecule has 0 bridgehead atoms. The van der Waals surface area contributed by atoms with E-state index in [2.05, 4.69) is 77.2 Å². The van der Waals surface area contributed by atoms with Crippen LogP contribution in [-0.2, 0) is 23.7 Å². The van der Waals surface area contributed by atoms with Gasteiger partial charge in [-0.3, -0.25) is 9.89 Å². The van der Waals surface area contributed by atoms with E-state index in [1.807, 2.05) is 53.9 Å². The number of nitrogens with two attached hydrogens (primary N) is 1. The van der Waals surface area contributed by atoms with Gasteiger partial charge in [0.1, 0.15) is 34.9 Å². The van der Waals surface area contributed by atoms with Crippen LogP contribution in [0, 0.1) is 20.8 Å². The summed E-state index contributed by atoms with van der Waals surface area (Å²) in [7, 11) is -0.425. The fourth-order valence-corrected chi connectivity index (χ4v) is 3.55. The van der Waals surface area contributed by atoms with E-state index < -0.39 is 17.9 Å². The normalized spacial score (nSPS) is 14.1. The summed E-state index contributed by atoms with van der Waals surface area (Å²) < 4.78 is 16.1. The lowest BCUT2D eigenvalue weighted by atomic mass is 9.81. The van der Waals surface area contributed by atoms with Crippen molar-refractivity contribution in [3.05, 3.63) is 46.7 Å². The fraction of sp³-hybridized carbons (Fsp3) is 0.423. The topological polar surface area (TPSA) is 244 Å². The van der Waals surface area contributed by atoms with E-state index >= 15 is 0 Å². The molecule has 0 amide bonds. The highest BCUT2D eigenvalue weighted by atomic mass is 79.9. The van der Waals surface area contributed by atoms with E-state index in [4.69, 9.17) is 24.9 Å². The van der Waals surface area contributed by atoms with Crippen LogP contribution in [0.15, 0.2) is 29.3 Å². The number of carboxylic acids is 1. The smallest absolute Gasteiger partial charge is 0.481 e. The first kappa shape index (κ1) is 39.0. The van der Waals surface area contributed by atoms with E-state index in [9.17, 15) is 9.59 Å². The molecule has 0 saturated carbocycles. The lowest BCUT2D eigenvalue weighted by molar-refractivity contribution is -0.134. The SMILES string of the molecule is CC(=O)O.Cc1nc(N)n[nH]1.Cc1nc2ncc(B3OC(C)(C)C(C)(C)O3)cn2n1.Cc1nc2ncc(Br)cn2n1.O=CC(Br)C=O. The molecule has 5 aromatic heterocycles. The average Bonchev–Trinajstić information content (AvgIpc) is 3.71. The van der Waals surface area contributed by atoms with E-state index in [0.29, 0.717) is 35.9 Å². The molecule has 6 rings (SSSR count). The Balaban J connectivity index is 0.000000232. The Kier molecular flexibility index (Phi) is 14.2. The van der Waals surface area contributed by atoms with Gasteiger partial charge in [-0.15, -0.1) is 5.10 Å². The lowest BCUT2D eigenvalue weighted by Crippen LogP contribution is -2.41. The van der Waals surface area contributed by atoms with Crippen LogP contribution >= 0.6 is 31.9 Å². The number of carbonyl (C=O) groups is 3. The van der Waals surface area contributed by atoms with Crippen LogP contribution < -0.4 is 11.2 Å². The predicted octanol–water partition coefficient (Wildman–Crippen LogP) is 1.86. The number of hydrogen-bond acceptors (Lipinski definition) is 14. The van der Waals surface area contributed by atoms with E-state index in [1.54, 1.807) is 28.3 Å². The monoisotopic (exact) mass is 780 g/mol. The van der Waals surface area contributed by atoms with Gasteiger partial charge < -0.3 is 29.7 Å². The number of carbonyl (C=O) groups excluding carboxylic acids is 2. The minimum atomic E-state index is -0.833. The van der Waals surface area contributed by atoms with Gasteiger partial charge in [-0.2, -0.15) is 25.1 Å². The third kappa shape index (κ3) is 12.2. The largest absolute Gasteiger partial charge is 0.498 e. The summed E-state index contributed by atoms with van der Waals surface area (Å²) in [5.41, 5.74) is 5.26. The van der Waals surface area contributed by atoms with Crippen molar-refractivity contribution in [3.8, 4) is 0 Å². The Morgan fingerprint density at radius 2 is 1.43 bits per heavy atom. The molecule has 0 spiro atoms. The first-order valence-electron chi connectivity index (χ1n) is 13.6. The predicted molar refractivity (Wildman–Crippen MR) is 178 cm³/mol. The lowest BCUT2D eigenvalue weighted by Gasteiger charge is -2.32. The number of aliphatic carboxylic acids is 1. The number of halogens is 2. The van der Waals surface area contributed by atoms with Gasteiger partial charge in [0.15, 0.2) is 0 Å². The molecule has 0 aliphatic carbocycles. The Morgan fingerprint density at radius 1 is 0.957 bits per heavy atom. The van der Waals surface area contributed by atoms with Crippen molar-refractivity contribution < 1.29 is 28.8 Å². The van der Waals surface area contributed by atoms with Crippen LogP contribution in [0.2, 0.25) is 0 Å². The standard InChI is InChI=1S/C12H17BN4O2.C6H5BrN4.C3H3BrO2.C3H6N4.C2H4O2/c1-8-15-10-14-6-9(7-17(10)16-8)13-18-11(2,3)12(4,5)19-13;1-4-9-6-8-2-5(7)3-11(6)10-4;4-3(1-5)2-6;1-2-5-3(4)7-6-2;1-2(3)4/h6-7H,1-5H3;2-3H,1H3;1-3H;1H3,(H3,4,5,6,7);1H3,(H,3,4). The number of rotatable bonds is 3. The van der Waals surface area contributed by atoms with Gasteiger partial charge in [-0.25, -0.2) is 19.0 Å². The maximum atomic E-state index is 9.46. The molecule has 18 nitrogen and oxygen atoms in total. The molecule has 1 aliphatic rings. The van der Waals surface area contributed by atoms with Crippen LogP contribution in [0.5, 0.6) is 0 Å². The zero-order valence-electron chi connectivity index (χ0n) is 26.9. The summed E-state index contributed by atoms with van der Waals surface area (Å²) in [5, 5.41) is 21.9. The fourth-order valence-electron chi connectivity index (χ4n) is 3.26. The number of fused-ring (bicyclic) bond motifs is 2. The maximum absolute atomic E-state index is 9.46. The number of aromatic nitrogens is 11. The van der Waals surface area contributed by atoms with Gasteiger partial charge >= 0.3 is 7.12 Å². The minimum Gasteiger partial charge on any atom is -0.481 e. The van der Waals surface area contributed by atoms with Gasteiger partial charge in [0, 0.05) is 37.2 Å². The molecule has 0 atom stereocenters. The summed E-state index contributed by atoms with van der Waals surface area (Å²) in [5.74, 6) is 2.85. The van der Waals surface area contributed by atoms with Gasteiger partial charge in [-0.05, 0) is 64.4 Å². The van der Waals surface area contributed by atoms with Gasteiger partial charge in [-0.1, -0.05) is 15.9 Å². The molecular weight excluding hydrogens is 747 g/mol. The minimum absolute atomic E-state index is 0.303. The first-order valence-corrected chi connectivity index (χ1v) is 15.4. The number of nitrogen functional groups attached to an aromatic ring is 1. The van der Waals surface area contributed by atoms with Gasteiger partial charge in [0.2, 0.25) is 5.95 Å². The Labute approximate surface area is 286 Å². The number of aryl methyl sites for hydroxylation is 3.